The van der Waals surface area contributed by atoms with Gasteiger partial charge in [-0.25, -0.2) is 19.1 Å². The van der Waals surface area contributed by atoms with Gasteiger partial charge in [-0.1, -0.05) is 42.5 Å². The number of carbonyl (C=O) groups excluding carboxylic acids is 2. The summed E-state index contributed by atoms with van der Waals surface area (Å²) in [6.45, 7) is 8.33. The van der Waals surface area contributed by atoms with E-state index in [0.717, 1.165) is 11.6 Å². The second-order valence-electron chi connectivity index (χ2n) is 12.6. The number of imidazole rings is 1. The van der Waals surface area contributed by atoms with Crippen LogP contribution < -0.4 is 16.0 Å². The van der Waals surface area contributed by atoms with Crippen LogP contribution in [-0.2, 0) is 44.6 Å². The first-order valence-electron chi connectivity index (χ1n) is 15.5. The van der Waals surface area contributed by atoms with Gasteiger partial charge in [-0.05, 0) is 50.5 Å². The topological polar surface area (TPSA) is 133 Å². The predicted molar refractivity (Wildman–Crippen MR) is 173 cm³/mol. The summed E-state index contributed by atoms with van der Waals surface area (Å²) in [6, 6.07) is 13.7. The third-order valence-corrected chi connectivity index (χ3v) is 7.83. The van der Waals surface area contributed by atoms with Crippen molar-refractivity contribution in [2.24, 2.45) is 0 Å². The summed E-state index contributed by atoms with van der Waals surface area (Å²) in [5.41, 5.74) is 7.35. The minimum atomic E-state index is -4.54. The number of rotatable bonds is 9. The number of nitrogens with two attached hydrogens (primary N) is 1. The fourth-order valence-electron chi connectivity index (χ4n) is 5.45. The number of alkyl carbamates (subject to hydrolysis) is 1. The predicted octanol–water partition coefficient (Wildman–Crippen LogP) is 5.25. The Morgan fingerprint density at radius 1 is 1.06 bits per heavy atom. The van der Waals surface area contributed by atoms with E-state index in [4.69, 9.17) is 25.0 Å². The molecule has 3 heterocycles. The molecule has 3 N–H and O–H groups in total. The van der Waals surface area contributed by atoms with Gasteiger partial charge in [-0.15, -0.1) is 5.10 Å². The molecule has 0 aliphatic carbocycles. The Hall–Kier alpha value is -4.85. The number of morpholine rings is 1. The number of fused-ring (bicyclic) bond motifs is 1. The van der Waals surface area contributed by atoms with Crippen LogP contribution in [0.2, 0.25) is 0 Å². The molecule has 1 saturated heterocycles. The van der Waals surface area contributed by atoms with E-state index < -0.39 is 35.4 Å². The molecule has 2 aromatic heterocycles. The second-order valence-corrected chi connectivity index (χ2v) is 12.6. The van der Waals surface area contributed by atoms with Crippen molar-refractivity contribution in [2.45, 2.75) is 65.0 Å². The van der Waals surface area contributed by atoms with Gasteiger partial charge >= 0.3 is 18.2 Å². The fourth-order valence-corrected chi connectivity index (χ4v) is 5.45. The molecule has 4 aromatic rings. The van der Waals surface area contributed by atoms with Crippen LogP contribution in [0.25, 0.3) is 5.65 Å². The highest BCUT2D eigenvalue weighted by Gasteiger charge is 2.33. The third kappa shape index (κ3) is 8.35. The zero-order chi connectivity index (χ0) is 34.6. The maximum absolute atomic E-state index is 13.8. The number of esters is 1. The van der Waals surface area contributed by atoms with Gasteiger partial charge in [-0.2, -0.15) is 13.2 Å². The quantitative estimate of drug-likeness (QED) is 0.230. The van der Waals surface area contributed by atoms with Crippen molar-refractivity contribution < 1.29 is 37.0 Å². The summed E-state index contributed by atoms with van der Waals surface area (Å²) >= 11 is 0. The van der Waals surface area contributed by atoms with Crippen molar-refractivity contribution in [1.82, 2.24) is 19.9 Å². The van der Waals surface area contributed by atoms with Crippen molar-refractivity contribution in [1.29, 1.82) is 0 Å². The molecular formula is C34H39F3N6O5. The second kappa shape index (κ2) is 14.1. The van der Waals surface area contributed by atoms with E-state index in [1.165, 1.54) is 17.5 Å². The molecule has 1 amide bonds. The maximum Gasteiger partial charge on any atom is 0.416 e. The number of amides is 1. The van der Waals surface area contributed by atoms with Crippen LogP contribution in [0, 0.1) is 6.92 Å². The highest BCUT2D eigenvalue weighted by atomic mass is 19.4. The van der Waals surface area contributed by atoms with E-state index in [1.807, 2.05) is 35.2 Å². The zero-order valence-electron chi connectivity index (χ0n) is 27.3. The van der Waals surface area contributed by atoms with Crippen molar-refractivity contribution in [3.8, 4) is 0 Å². The Labute approximate surface area is 276 Å². The lowest BCUT2D eigenvalue weighted by molar-refractivity contribution is -0.147. The Morgan fingerprint density at radius 3 is 2.44 bits per heavy atom. The van der Waals surface area contributed by atoms with Crippen LogP contribution >= 0.6 is 0 Å². The highest BCUT2D eigenvalue weighted by Crippen LogP contribution is 2.34. The van der Waals surface area contributed by atoms with Gasteiger partial charge in [0.2, 0.25) is 0 Å². The number of alkyl halides is 3. The molecule has 5 rings (SSSR count). The molecule has 1 aliphatic heterocycles. The van der Waals surface area contributed by atoms with Gasteiger partial charge in [-0.3, -0.25) is 0 Å². The smallest absolute Gasteiger partial charge is 0.416 e. The summed E-state index contributed by atoms with van der Waals surface area (Å²) in [5.74, 6) is -0.200. The Morgan fingerprint density at radius 2 is 1.77 bits per heavy atom. The molecule has 11 nitrogen and oxygen atoms in total. The largest absolute Gasteiger partial charge is 0.458 e. The minimum absolute atomic E-state index is 0.00753. The number of nitrogens with one attached hydrogen (secondary N) is 1. The first-order chi connectivity index (χ1) is 22.7. The standard InChI is InChI=1S/C34H39F3N6O5/c1-21-23(11-8-12-24(21)34(35,36)37)18-28-27(39-30-25(38)19-29(41-43(28)30)42-13-15-46-16-14-42)20-47-31(44)26(17-22-9-6-5-7-10-22)40-32(45)48-33(2,3)4/h5-12,19,26H,13-18,20,38H2,1-4H3,(H,40,45). The average molecular weight is 669 g/mol. The van der Waals surface area contributed by atoms with Gasteiger partial charge in [0.05, 0.1) is 30.2 Å². The molecule has 0 radical (unpaired) electrons. The number of carbonyl (C=O) groups is 2. The normalized spacial score (nSPS) is 14.5. The Kier molecular flexibility index (Phi) is 10.1. The molecule has 48 heavy (non-hydrogen) atoms. The van der Waals surface area contributed by atoms with E-state index in [2.05, 4.69) is 10.3 Å². The van der Waals surface area contributed by atoms with Crippen LogP contribution in [0.3, 0.4) is 0 Å². The summed E-state index contributed by atoms with van der Waals surface area (Å²) in [6.07, 6.45) is -5.22. The molecule has 1 aliphatic rings. The van der Waals surface area contributed by atoms with Crippen LogP contribution in [0.4, 0.5) is 29.5 Å². The molecule has 0 bridgehead atoms. The lowest BCUT2D eigenvalue weighted by atomic mass is 9.98. The summed E-state index contributed by atoms with van der Waals surface area (Å²) in [4.78, 5) is 32.8. The van der Waals surface area contributed by atoms with E-state index in [0.29, 0.717) is 49.1 Å². The van der Waals surface area contributed by atoms with Crippen LogP contribution in [-0.4, -0.2) is 64.6 Å². The number of anilines is 2. The molecular weight excluding hydrogens is 629 g/mol. The van der Waals surface area contributed by atoms with Crippen molar-refractivity contribution >= 4 is 29.2 Å². The summed E-state index contributed by atoms with van der Waals surface area (Å²) < 4.78 is 59.5. The van der Waals surface area contributed by atoms with Gasteiger partial charge in [0.15, 0.2) is 11.5 Å². The molecule has 14 heteroatoms. The maximum atomic E-state index is 13.8. The number of hydrogen-bond acceptors (Lipinski definition) is 9. The lowest BCUT2D eigenvalue weighted by Crippen LogP contribution is -2.45. The Balaban J connectivity index is 1.49. The summed E-state index contributed by atoms with van der Waals surface area (Å²) in [5, 5.41) is 7.38. The van der Waals surface area contributed by atoms with Crippen molar-refractivity contribution in [3.63, 3.8) is 0 Å². The number of nitrogens with zero attached hydrogens (tertiary/aromatic N) is 4. The van der Waals surface area contributed by atoms with Crippen LogP contribution in [0.15, 0.2) is 54.6 Å². The number of aromatic nitrogens is 3. The third-order valence-electron chi connectivity index (χ3n) is 7.83. The fraction of sp³-hybridized carbons (Fsp3) is 0.412. The number of benzene rings is 2. The lowest BCUT2D eigenvalue weighted by Gasteiger charge is -2.27. The molecule has 256 valence electrons. The number of halogens is 3. The van der Waals surface area contributed by atoms with Crippen molar-refractivity contribution in [3.05, 3.63) is 88.2 Å². The SMILES string of the molecule is Cc1c(Cc2c(COC(=O)C(Cc3ccccc3)NC(=O)OC(C)(C)C)nc3c(N)cc(N4CCOCC4)nn23)cccc1C(F)(F)F. The molecule has 0 saturated carbocycles. The molecule has 0 spiro atoms. The van der Waals surface area contributed by atoms with Gasteiger partial charge in [0.1, 0.15) is 23.9 Å². The van der Waals surface area contributed by atoms with Gasteiger partial charge in [0, 0.05) is 32.0 Å². The molecule has 2 aromatic carbocycles. The molecule has 1 fully saturated rings. The van der Waals surface area contributed by atoms with Gasteiger partial charge < -0.3 is 30.2 Å². The van der Waals surface area contributed by atoms with E-state index >= 15 is 0 Å². The van der Waals surface area contributed by atoms with Crippen molar-refractivity contribution in [2.75, 3.05) is 36.9 Å². The monoisotopic (exact) mass is 668 g/mol. The minimum Gasteiger partial charge on any atom is -0.458 e. The van der Waals surface area contributed by atoms with E-state index in [-0.39, 0.29) is 36.4 Å². The van der Waals surface area contributed by atoms with Gasteiger partial charge in [0.25, 0.3) is 0 Å². The number of ether oxygens (including phenoxy) is 3. The molecule has 1 atom stereocenters. The van der Waals surface area contributed by atoms with E-state index in [9.17, 15) is 22.8 Å². The average Bonchev–Trinajstić information content (AvgIpc) is 3.37. The first-order valence-corrected chi connectivity index (χ1v) is 15.5. The zero-order valence-corrected chi connectivity index (χ0v) is 27.3. The van der Waals surface area contributed by atoms with Crippen LogP contribution in [0.5, 0.6) is 0 Å². The Bertz CT molecular complexity index is 1770. The summed E-state index contributed by atoms with van der Waals surface area (Å²) in [7, 11) is 0. The number of nitrogen functional groups attached to an aromatic ring is 1. The van der Waals surface area contributed by atoms with E-state index in [1.54, 1.807) is 32.9 Å². The number of hydrogen-bond donors (Lipinski definition) is 2. The first kappa shape index (κ1) is 34.5. The molecule has 1 unspecified atom stereocenters. The highest BCUT2D eigenvalue weighted by molar-refractivity contribution is 5.82. The van der Waals surface area contributed by atoms with Crippen LogP contribution in [0.1, 0.15) is 54.4 Å².